The van der Waals surface area contributed by atoms with Crippen LogP contribution in [0.2, 0.25) is 0 Å². The van der Waals surface area contributed by atoms with E-state index in [2.05, 4.69) is 22.4 Å². The van der Waals surface area contributed by atoms with Crippen LogP contribution < -0.4 is 10.2 Å². The second-order valence-corrected chi connectivity index (χ2v) is 9.39. The molecule has 182 valence electrons. The Labute approximate surface area is 211 Å². The molecule has 3 aromatic rings. The molecule has 0 bridgehead atoms. The van der Waals surface area contributed by atoms with Crippen LogP contribution in [0.3, 0.4) is 0 Å². The number of aryl methyl sites for hydroxylation is 2. The molecule has 2 unspecified atom stereocenters. The van der Waals surface area contributed by atoms with E-state index in [0.717, 1.165) is 46.9 Å². The second kappa shape index (κ2) is 9.92. The monoisotopic (exact) mass is 478 g/mol. The van der Waals surface area contributed by atoms with Crippen molar-refractivity contribution in [2.24, 2.45) is 12.0 Å². The second-order valence-electron chi connectivity index (χ2n) is 9.39. The number of nitrogens with zero attached hydrogens (tertiary/aromatic N) is 5. The molecule has 1 aliphatic carbocycles. The van der Waals surface area contributed by atoms with Crippen molar-refractivity contribution in [3.05, 3.63) is 94.6 Å². The quantitative estimate of drug-likeness (QED) is 0.549. The number of allylic oxidation sites excluding steroid dienone is 2. The van der Waals surface area contributed by atoms with Gasteiger partial charge >= 0.3 is 0 Å². The number of carbonyl (C=O) groups is 1. The highest BCUT2D eigenvalue weighted by atomic mass is 16.2. The van der Waals surface area contributed by atoms with E-state index in [-0.39, 0.29) is 17.9 Å². The summed E-state index contributed by atoms with van der Waals surface area (Å²) < 4.78 is 2.01. The molecule has 5 rings (SSSR count). The number of amides is 1. The molecule has 2 aliphatic rings. The molecule has 0 saturated carbocycles. The van der Waals surface area contributed by atoms with Gasteiger partial charge in [-0.15, -0.1) is 0 Å². The summed E-state index contributed by atoms with van der Waals surface area (Å²) in [5.74, 6) is 1.10. The minimum atomic E-state index is -0.124. The van der Waals surface area contributed by atoms with Crippen LogP contribution >= 0.6 is 0 Å². The molecule has 1 aromatic heterocycles. The largest absolute Gasteiger partial charge is 0.338 e. The number of aromatic nitrogens is 2. The molecule has 0 radical (unpaired) electrons. The van der Waals surface area contributed by atoms with Gasteiger partial charge in [0.1, 0.15) is 11.9 Å². The Morgan fingerprint density at radius 1 is 1.14 bits per heavy atom. The summed E-state index contributed by atoms with van der Waals surface area (Å²) in [7, 11) is 3.81. The van der Waals surface area contributed by atoms with E-state index in [9.17, 15) is 10.1 Å². The van der Waals surface area contributed by atoms with Crippen LogP contribution in [-0.4, -0.2) is 41.3 Å². The number of nitrogens with one attached hydrogen (secondary N) is 1. The molecule has 2 atom stereocenters. The molecule has 7 heteroatoms. The van der Waals surface area contributed by atoms with Crippen LogP contribution in [0.15, 0.2) is 71.4 Å². The third-order valence-electron chi connectivity index (χ3n) is 7.18. The summed E-state index contributed by atoms with van der Waals surface area (Å²) in [6.45, 7) is 3.16. The standard InChI is InChI=1S/C29H30N6O/c1-19-33-26(18-34(19)2)20-12-13-25(21(16-20)17-30)31-14-15-32-28-22-8-4-5-9-23(22)29(36)35(3)27-11-7-6-10-24(27)28/h4-11,16,18,20,28,32H,12-15H2,1-3H3. The van der Waals surface area contributed by atoms with Crippen molar-refractivity contribution in [2.75, 3.05) is 25.0 Å². The van der Waals surface area contributed by atoms with Gasteiger partial charge in [-0.25, -0.2) is 4.98 Å². The van der Waals surface area contributed by atoms with Crippen LogP contribution in [0.5, 0.6) is 0 Å². The Kier molecular flexibility index (Phi) is 6.53. The Morgan fingerprint density at radius 3 is 2.64 bits per heavy atom. The summed E-state index contributed by atoms with van der Waals surface area (Å²) in [6, 6.07) is 18.0. The van der Waals surface area contributed by atoms with Gasteiger partial charge < -0.3 is 14.8 Å². The molecule has 1 amide bonds. The third-order valence-corrected chi connectivity index (χ3v) is 7.18. The molecule has 1 N–H and O–H groups in total. The number of nitriles is 1. The van der Waals surface area contributed by atoms with Crippen LogP contribution in [0.1, 0.15) is 57.8 Å². The molecule has 2 heterocycles. The molecule has 0 saturated heterocycles. The van der Waals surface area contributed by atoms with Gasteiger partial charge in [-0.1, -0.05) is 42.5 Å². The smallest absolute Gasteiger partial charge is 0.258 e. The Morgan fingerprint density at radius 2 is 1.89 bits per heavy atom. The molecule has 0 spiro atoms. The van der Waals surface area contributed by atoms with Gasteiger partial charge in [0.25, 0.3) is 5.91 Å². The number of benzene rings is 2. The van der Waals surface area contributed by atoms with E-state index in [1.54, 1.807) is 4.90 Å². The number of hydrogen-bond donors (Lipinski definition) is 1. The lowest BCUT2D eigenvalue weighted by molar-refractivity contribution is 0.0993. The molecule has 1 aliphatic heterocycles. The van der Waals surface area contributed by atoms with Crippen molar-refractivity contribution in [1.29, 1.82) is 5.26 Å². The normalized spacial score (nSPS) is 20.4. The zero-order chi connectivity index (χ0) is 25.2. The van der Waals surface area contributed by atoms with Crippen LogP contribution in [0.4, 0.5) is 5.69 Å². The first kappa shape index (κ1) is 23.7. The van der Waals surface area contributed by atoms with Crippen molar-refractivity contribution < 1.29 is 4.79 Å². The maximum absolute atomic E-state index is 13.1. The third kappa shape index (κ3) is 4.36. The van der Waals surface area contributed by atoms with E-state index in [4.69, 9.17) is 4.99 Å². The molecular formula is C29H30N6O. The van der Waals surface area contributed by atoms with Gasteiger partial charge in [0.15, 0.2) is 0 Å². The first-order chi connectivity index (χ1) is 17.5. The van der Waals surface area contributed by atoms with Crippen LogP contribution in [-0.2, 0) is 7.05 Å². The maximum atomic E-state index is 13.1. The van der Waals surface area contributed by atoms with Gasteiger partial charge in [-0.05, 0) is 43.0 Å². The van der Waals surface area contributed by atoms with E-state index in [0.29, 0.717) is 24.2 Å². The zero-order valence-corrected chi connectivity index (χ0v) is 20.9. The van der Waals surface area contributed by atoms with Crippen molar-refractivity contribution >= 4 is 17.3 Å². The van der Waals surface area contributed by atoms with E-state index in [1.165, 1.54) is 0 Å². The minimum Gasteiger partial charge on any atom is -0.338 e. The molecular weight excluding hydrogens is 448 g/mol. The summed E-state index contributed by atoms with van der Waals surface area (Å²) in [6.07, 6.45) is 5.71. The number of carbonyl (C=O) groups excluding carboxylic acids is 1. The number of para-hydroxylation sites is 1. The summed E-state index contributed by atoms with van der Waals surface area (Å²) in [4.78, 5) is 24.3. The fourth-order valence-corrected chi connectivity index (χ4v) is 5.13. The van der Waals surface area contributed by atoms with Gasteiger partial charge in [0, 0.05) is 44.0 Å². The van der Waals surface area contributed by atoms with Crippen molar-refractivity contribution in [3.8, 4) is 6.07 Å². The Bertz CT molecular complexity index is 1390. The molecule has 2 aromatic carbocycles. The van der Waals surface area contributed by atoms with Crippen LogP contribution in [0, 0.1) is 18.3 Å². The predicted molar refractivity (Wildman–Crippen MR) is 141 cm³/mol. The lowest BCUT2D eigenvalue weighted by atomic mass is 9.87. The highest BCUT2D eigenvalue weighted by Gasteiger charge is 2.30. The van der Waals surface area contributed by atoms with Gasteiger partial charge in [0.05, 0.1) is 29.6 Å². The molecule has 7 nitrogen and oxygen atoms in total. The summed E-state index contributed by atoms with van der Waals surface area (Å²) in [5.41, 5.74) is 6.16. The van der Waals surface area contributed by atoms with E-state index in [1.807, 2.05) is 80.3 Å². The fraction of sp³-hybridized carbons (Fsp3) is 0.310. The average Bonchev–Trinajstić information content (AvgIpc) is 3.21. The predicted octanol–water partition coefficient (Wildman–Crippen LogP) is 4.47. The summed E-state index contributed by atoms with van der Waals surface area (Å²) in [5, 5.41) is 13.4. The van der Waals surface area contributed by atoms with Gasteiger partial charge in [0.2, 0.25) is 0 Å². The number of hydrogen-bond acceptors (Lipinski definition) is 5. The number of aliphatic imine (C=N–C) groups is 1. The molecule has 0 fully saturated rings. The lowest BCUT2D eigenvalue weighted by Gasteiger charge is -2.22. The highest BCUT2D eigenvalue weighted by molar-refractivity contribution is 6.08. The lowest BCUT2D eigenvalue weighted by Crippen LogP contribution is -2.26. The van der Waals surface area contributed by atoms with Crippen molar-refractivity contribution in [1.82, 2.24) is 14.9 Å². The minimum absolute atomic E-state index is 0.00810. The topological polar surface area (TPSA) is 86.3 Å². The summed E-state index contributed by atoms with van der Waals surface area (Å²) >= 11 is 0. The van der Waals surface area contributed by atoms with Crippen molar-refractivity contribution in [3.63, 3.8) is 0 Å². The molecule has 36 heavy (non-hydrogen) atoms. The van der Waals surface area contributed by atoms with E-state index < -0.39 is 0 Å². The fourth-order valence-electron chi connectivity index (χ4n) is 5.13. The maximum Gasteiger partial charge on any atom is 0.258 e. The van der Waals surface area contributed by atoms with Gasteiger partial charge in [-0.2, -0.15) is 5.26 Å². The number of fused-ring (bicyclic) bond motifs is 2. The highest BCUT2D eigenvalue weighted by Crippen LogP contribution is 2.36. The van der Waals surface area contributed by atoms with Crippen LogP contribution in [0.25, 0.3) is 0 Å². The number of rotatable bonds is 5. The Balaban J connectivity index is 1.34. The first-order valence-corrected chi connectivity index (χ1v) is 12.3. The Hall–Kier alpha value is -4.02. The van der Waals surface area contributed by atoms with Gasteiger partial charge in [-0.3, -0.25) is 9.79 Å². The van der Waals surface area contributed by atoms with E-state index >= 15 is 0 Å². The number of imidazole rings is 1. The first-order valence-electron chi connectivity index (χ1n) is 12.3. The SMILES string of the molecule is Cc1nc(C2C=C(C#N)C(=NCCNC3c4ccccc4C(=O)N(C)c4ccccc43)CC2)cn1C. The zero-order valence-electron chi connectivity index (χ0n) is 20.9. The number of anilines is 1. The van der Waals surface area contributed by atoms with Crippen molar-refractivity contribution in [2.45, 2.75) is 31.7 Å². The average molecular weight is 479 g/mol.